The Hall–Kier alpha value is -4.72. The summed E-state index contributed by atoms with van der Waals surface area (Å²) in [6, 6.07) is 23.5. The molecule has 0 amide bonds. The summed E-state index contributed by atoms with van der Waals surface area (Å²) >= 11 is 0. The Morgan fingerprint density at radius 2 is 1.60 bits per heavy atom. The van der Waals surface area contributed by atoms with E-state index in [-0.39, 0.29) is 11.7 Å². The second-order valence-electron chi connectivity index (χ2n) is 10.4. The van der Waals surface area contributed by atoms with Gasteiger partial charge in [-0.3, -0.25) is 18.9 Å². The monoisotopic (exact) mass is 564 g/mol. The predicted octanol–water partition coefficient (Wildman–Crippen LogP) is 6.66. The van der Waals surface area contributed by atoms with Crippen LogP contribution in [0.15, 0.2) is 86.9 Å². The number of aryl methyl sites for hydroxylation is 2. The molecule has 0 radical (unpaired) electrons. The largest absolute Gasteiger partial charge is 0.491 e. The van der Waals surface area contributed by atoms with Crippen LogP contribution in [0.25, 0.3) is 33.6 Å². The van der Waals surface area contributed by atoms with Gasteiger partial charge < -0.3 is 4.74 Å². The van der Waals surface area contributed by atoms with Gasteiger partial charge in [0.1, 0.15) is 11.6 Å². The lowest BCUT2D eigenvalue weighted by Crippen LogP contribution is -2.29. The van der Waals surface area contributed by atoms with Gasteiger partial charge in [-0.05, 0) is 60.6 Å². The van der Waals surface area contributed by atoms with Crippen LogP contribution in [0.4, 0.5) is 0 Å². The number of benzene rings is 3. The van der Waals surface area contributed by atoms with Crippen LogP contribution in [0.1, 0.15) is 57.6 Å². The summed E-state index contributed by atoms with van der Waals surface area (Å²) in [6.07, 6.45) is 3.31. The maximum Gasteiger partial charge on any atom is 0.439 e. The number of ether oxygens (including phenoxy) is 1. The first-order chi connectivity index (χ1) is 20.4. The number of aromatic amines is 1. The molecule has 42 heavy (non-hydrogen) atoms. The topological polar surface area (TPSA) is 103 Å². The van der Waals surface area contributed by atoms with Gasteiger partial charge in [-0.15, -0.1) is 0 Å². The Morgan fingerprint density at radius 1 is 0.905 bits per heavy atom. The van der Waals surface area contributed by atoms with E-state index in [1.165, 1.54) is 0 Å². The number of hydrogen-bond acceptors (Lipinski definition) is 6. The van der Waals surface area contributed by atoms with Crippen LogP contribution in [0.3, 0.4) is 0 Å². The molecule has 5 aromatic rings. The summed E-state index contributed by atoms with van der Waals surface area (Å²) in [4.78, 5) is 33.2. The number of H-pyrrole nitrogens is 1. The van der Waals surface area contributed by atoms with Gasteiger partial charge in [0.25, 0.3) is 5.56 Å². The smallest absolute Gasteiger partial charge is 0.439 e. The molecule has 0 aliphatic heterocycles. The second-order valence-corrected chi connectivity index (χ2v) is 10.4. The lowest BCUT2D eigenvalue weighted by atomic mass is 9.98. The lowest BCUT2D eigenvalue weighted by molar-refractivity contribution is 0.217. The van der Waals surface area contributed by atoms with E-state index in [0.29, 0.717) is 30.8 Å². The molecule has 2 aromatic heterocycles. The molecule has 8 heteroatoms. The molecule has 5 rings (SSSR count). The fourth-order valence-corrected chi connectivity index (χ4v) is 5.05. The van der Waals surface area contributed by atoms with E-state index in [4.69, 9.17) is 14.2 Å². The third kappa shape index (κ3) is 6.12. The molecule has 1 N–H and O–H groups in total. The van der Waals surface area contributed by atoms with E-state index in [2.05, 4.69) is 24.0 Å². The fraction of sp³-hybridized carbons (Fsp3) is 0.294. The Balaban J connectivity index is 1.49. The number of rotatable bonds is 11. The average Bonchev–Trinajstić information content (AvgIpc) is 3.45. The van der Waals surface area contributed by atoms with Crippen LogP contribution in [0.5, 0.6) is 5.75 Å². The van der Waals surface area contributed by atoms with E-state index in [9.17, 15) is 9.59 Å². The molecule has 0 spiro atoms. The normalized spacial score (nSPS) is 11.9. The third-order valence-electron chi connectivity index (χ3n) is 7.41. The van der Waals surface area contributed by atoms with E-state index in [0.717, 1.165) is 57.9 Å². The highest BCUT2D eigenvalue weighted by molar-refractivity contribution is 5.80. The molecule has 0 bridgehead atoms. The van der Waals surface area contributed by atoms with Crippen molar-refractivity contribution in [3.8, 4) is 39.4 Å². The van der Waals surface area contributed by atoms with Gasteiger partial charge in [-0.1, -0.05) is 86.6 Å². The molecular weight excluding hydrogens is 528 g/mol. The molecule has 2 heterocycles. The maximum absolute atomic E-state index is 14.1. The highest BCUT2D eigenvalue weighted by atomic mass is 16.5. The molecule has 216 valence electrons. The molecule has 8 nitrogen and oxygen atoms in total. The summed E-state index contributed by atoms with van der Waals surface area (Å²) in [7, 11) is 0. The van der Waals surface area contributed by atoms with Crippen molar-refractivity contribution in [2.75, 3.05) is 0 Å². The number of nitrogens with zero attached hydrogens (tertiary/aromatic N) is 3. The van der Waals surface area contributed by atoms with Crippen LogP contribution in [-0.4, -0.2) is 25.8 Å². The average molecular weight is 565 g/mol. The Bertz CT molecular complexity index is 1770. The van der Waals surface area contributed by atoms with Crippen LogP contribution in [-0.2, 0) is 19.4 Å². The second kappa shape index (κ2) is 12.9. The minimum absolute atomic E-state index is 0.0368. The van der Waals surface area contributed by atoms with Crippen molar-refractivity contribution in [2.45, 2.75) is 66.0 Å². The minimum atomic E-state index is -0.596. The molecular formula is C34H36N4O4. The van der Waals surface area contributed by atoms with Gasteiger partial charge in [-0.25, -0.2) is 9.78 Å². The summed E-state index contributed by atoms with van der Waals surface area (Å²) in [5.41, 5.74) is 5.88. The fourth-order valence-electron chi connectivity index (χ4n) is 5.05. The van der Waals surface area contributed by atoms with Gasteiger partial charge in [0.05, 0.1) is 23.9 Å². The molecule has 0 aliphatic carbocycles. The SMILES string of the molecule is CCCc1nc(CC)c(-c2ccc(OC(C)CC)cc2)c(=O)n1Cc1ccc(-c2ccccc2-c2noc(=O)[nH]2)cc1. The van der Waals surface area contributed by atoms with Crippen molar-refractivity contribution >= 4 is 0 Å². The first-order valence-corrected chi connectivity index (χ1v) is 14.6. The number of aromatic nitrogens is 4. The molecule has 0 fully saturated rings. The standard InChI is InChI=1S/C34H36N4O4/c1-5-10-30-35-29(7-3)31(25-17-19-26(20-18-25)41-22(4)6-2)33(39)38(30)21-23-13-15-24(16-14-23)27-11-8-9-12-28(27)32-36-34(40)42-37-32/h8-9,11-20,22H,5-7,10,21H2,1-4H3,(H,36,37,40). The zero-order valence-electron chi connectivity index (χ0n) is 24.5. The highest BCUT2D eigenvalue weighted by Crippen LogP contribution is 2.30. The first kappa shape index (κ1) is 28.8. The van der Waals surface area contributed by atoms with Crippen molar-refractivity contribution in [1.82, 2.24) is 19.7 Å². The number of hydrogen-bond donors (Lipinski definition) is 1. The maximum atomic E-state index is 14.1. The van der Waals surface area contributed by atoms with E-state index in [1.54, 1.807) is 0 Å². The van der Waals surface area contributed by atoms with Crippen LogP contribution in [0, 0.1) is 0 Å². The van der Waals surface area contributed by atoms with Gasteiger partial charge in [0.2, 0.25) is 0 Å². The van der Waals surface area contributed by atoms with Crippen molar-refractivity contribution < 1.29 is 9.26 Å². The Morgan fingerprint density at radius 3 is 2.21 bits per heavy atom. The molecule has 3 aromatic carbocycles. The van der Waals surface area contributed by atoms with E-state index < -0.39 is 5.76 Å². The predicted molar refractivity (Wildman–Crippen MR) is 165 cm³/mol. The van der Waals surface area contributed by atoms with Gasteiger partial charge in [-0.2, -0.15) is 0 Å². The zero-order chi connectivity index (χ0) is 29.6. The van der Waals surface area contributed by atoms with Crippen molar-refractivity contribution in [3.05, 3.63) is 111 Å². The summed E-state index contributed by atoms with van der Waals surface area (Å²) in [5, 5.41) is 3.86. The Labute approximate surface area is 245 Å². The lowest BCUT2D eigenvalue weighted by Gasteiger charge is -2.18. The summed E-state index contributed by atoms with van der Waals surface area (Å²) < 4.78 is 12.5. The molecule has 1 unspecified atom stereocenters. The number of nitrogens with one attached hydrogen (secondary N) is 1. The Kier molecular flexibility index (Phi) is 8.81. The first-order valence-electron chi connectivity index (χ1n) is 14.6. The highest BCUT2D eigenvalue weighted by Gasteiger charge is 2.18. The van der Waals surface area contributed by atoms with Crippen molar-refractivity contribution in [1.29, 1.82) is 0 Å². The summed E-state index contributed by atoms with van der Waals surface area (Å²) in [6.45, 7) is 8.68. The summed E-state index contributed by atoms with van der Waals surface area (Å²) in [5.74, 6) is 1.37. The quantitative estimate of drug-likeness (QED) is 0.192. The molecule has 0 saturated carbocycles. The molecule has 0 aliphatic rings. The van der Waals surface area contributed by atoms with Crippen molar-refractivity contribution in [3.63, 3.8) is 0 Å². The molecule has 1 atom stereocenters. The van der Waals surface area contributed by atoms with Crippen LogP contribution < -0.4 is 16.1 Å². The minimum Gasteiger partial charge on any atom is -0.491 e. The van der Waals surface area contributed by atoms with Crippen LogP contribution in [0.2, 0.25) is 0 Å². The van der Waals surface area contributed by atoms with Crippen LogP contribution >= 0.6 is 0 Å². The third-order valence-corrected chi connectivity index (χ3v) is 7.41. The van der Waals surface area contributed by atoms with E-state index in [1.807, 2.05) is 91.2 Å². The van der Waals surface area contributed by atoms with Crippen molar-refractivity contribution in [2.24, 2.45) is 0 Å². The van der Waals surface area contributed by atoms with Gasteiger partial charge in [0.15, 0.2) is 5.82 Å². The van der Waals surface area contributed by atoms with Gasteiger partial charge >= 0.3 is 5.76 Å². The van der Waals surface area contributed by atoms with E-state index >= 15 is 0 Å². The molecule has 0 saturated heterocycles. The zero-order valence-corrected chi connectivity index (χ0v) is 24.5. The van der Waals surface area contributed by atoms with Gasteiger partial charge in [0, 0.05) is 12.0 Å².